The van der Waals surface area contributed by atoms with E-state index in [1.807, 2.05) is 6.92 Å². The van der Waals surface area contributed by atoms with E-state index in [0.717, 1.165) is 13.0 Å². The molecule has 2 fully saturated rings. The van der Waals surface area contributed by atoms with E-state index in [9.17, 15) is 8.42 Å². The highest BCUT2D eigenvalue weighted by Gasteiger charge is 2.35. The Hall–Kier alpha value is -0.210. The lowest BCUT2D eigenvalue weighted by Gasteiger charge is -2.34. The maximum absolute atomic E-state index is 12.5. The number of likely N-dealkylation sites (tertiary alicyclic amines) is 1. The lowest BCUT2D eigenvalue weighted by atomic mass is 9.97. The van der Waals surface area contributed by atoms with Crippen LogP contribution in [0.5, 0.6) is 0 Å². The van der Waals surface area contributed by atoms with E-state index in [1.54, 1.807) is 18.4 Å². The number of hydrogen-bond donors (Lipinski definition) is 0. The minimum Gasteiger partial charge on any atom is -0.380 e. The van der Waals surface area contributed by atoms with Crippen molar-refractivity contribution < 1.29 is 13.2 Å². The summed E-state index contributed by atoms with van der Waals surface area (Å²) >= 11 is 0. The highest BCUT2D eigenvalue weighted by molar-refractivity contribution is 7.86. The molecule has 0 aliphatic carbocycles. The van der Waals surface area contributed by atoms with Gasteiger partial charge in [0.1, 0.15) is 0 Å². The van der Waals surface area contributed by atoms with Crippen molar-refractivity contribution in [3.8, 4) is 0 Å². The van der Waals surface area contributed by atoms with Crippen molar-refractivity contribution in [3.05, 3.63) is 0 Å². The van der Waals surface area contributed by atoms with Gasteiger partial charge in [-0.25, -0.2) is 0 Å². The van der Waals surface area contributed by atoms with Crippen LogP contribution in [-0.2, 0) is 14.9 Å². The fraction of sp³-hybridized carbons (Fsp3) is 1.00. The lowest BCUT2D eigenvalue weighted by molar-refractivity contribution is 0.105. The van der Waals surface area contributed by atoms with Gasteiger partial charge in [0.2, 0.25) is 0 Å². The van der Waals surface area contributed by atoms with Crippen molar-refractivity contribution >= 4 is 10.2 Å². The molecular weight excluding hydrogens is 302 g/mol. The third-order valence-electron chi connectivity index (χ3n) is 4.95. The van der Waals surface area contributed by atoms with Gasteiger partial charge in [0.15, 0.2) is 0 Å². The summed E-state index contributed by atoms with van der Waals surface area (Å²) in [5.41, 5.74) is 0. The van der Waals surface area contributed by atoms with Crippen LogP contribution in [0.4, 0.5) is 0 Å². The minimum absolute atomic E-state index is 0.0142. The molecule has 0 unspecified atom stereocenters. The molecule has 2 rings (SSSR count). The SMILES string of the molecule is C[C@H]1[C@H](CCN2CCCCC2)COCCN1S(=O)(=O)N(C)C. The largest absolute Gasteiger partial charge is 0.380 e. The Labute approximate surface area is 135 Å². The average Bonchev–Trinajstić information content (AvgIpc) is 2.68. The summed E-state index contributed by atoms with van der Waals surface area (Å²) in [5, 5.41) is 0. The summed E-state index contributed by atoms with van der Waals surface area (Å²) in [5.74, 6) is 0.263. The molecule has 0 aromatic carbocycles. The third-order valence-corrected chi connectivity index (χ3v) is 6.98. The molecule has 130 valence electrons. The summed E-state index contributed by atoms with van der Waals surface area (Å²) < 4.78 is 33.6. The second-order valence-electron chi connectivity index (χ2n) is 6.67. The van der Waals surface area contributed by atoms with Crippen molar-refractivity contribution in [2.75, 3.05) is 53.5 Å². The second-order valence-corrected chi connectivity index (χ2v) is 8.76. The molecule has 2 atom stereocenters. The lowest BCUT2D eigenvalue weighted by Crippen LogP contribution is -2.48. The van der Waals surface area contributed by atoms with Crippen molar-refractivity contribution in [2.45, 2.75) is 38.6 Å². The number of hydrogen-bond acceptors (Lipinski definition) is 4. The van der Waals surface area contributed by atoms with Gasteiger partial charge in [-0.05, 0) is 51.7 Å². The standard InChI is InChI=1S/C15H31N3O3S/c1-14-15(7-10-17-8-5-4-6-9-17)13-21-12-11-18(14)22(19,20)16(2)3/h14-15H,4-13H2,1-3H3/t14-,15+/m0/s1. The molecule has 2 heterocycles. The maximum atomic E-state index is 12.5. The van der Waals surface area contributed by atoms with Crippen LogP contribution in [0, 0.1) is 5.92 Å². The Kier molecular flexibility index (Phi) is 6.64. The van der Waals surface area contributed by atoms with Gasteiger partial charge >= 0.3 is 0 Å². The number of nitrogens with zero attached hydrogens (tertiary/aromatic N) is 3. The fourth-order valence-corrected chi connectivity index (χ4v) is 4.68. The minimum atomic E-state index is -3.38. The Morgan fingerprint density at radius 1 is 1.14 bits per heavy atom. The first-order valence-electron chi connectivity index (χ1n) is 8.42. The van der Waals surface area contributed by atoms with Crippen LogP contribution in [-0.4, -0.2) is 81.5 Å². The number of piperidine rings is 1. The van der Waals surface area contributed by atoms with Crippen molar-refractivity contribution in [1.82, 2.24) is 13.5 Å². The van der Waals surface area contributed by atoms with Crippen LogP contribution in [0.3, 0.4) is 0 Å². The first-order chi connectivity index (χ1) is 10.4. The van der Waals surface area contributed by atoms with Crippen molar-refractivity contribution in [2.24, 2.45) is 5.92 Å². The molecule has 0 bridgehead atoms. The predicted molar refractivity (Wildman–Crippen MR) is 88.0 cm³/mol. The normalized spacial score (nSPS) is 29.6. The summed E-state index contributed by atoms with van der Waals surface area (Å²) in [6, 6.07) is -0.0142. The molecule has 6 nitrogen and oxygen atoms in total. The van der Waals surface area contributed by atoms with Crippen LogP contribution < -0.4 is 0 Å². The van der Waals surface area contributed by atoms with Crippen LogP contribution in [0.25, 0.3) is 0 Å². The van der Waals surface area contributed by atoms with Gasteiger partial charge in [0, 0.05) is 26.7 Å². The van der Waals surface area contributed by atoms with E-state index in [-0.39, 0.29) is 12.0 Å². The third kappa shape index (κ3) is 4.41. The summed E-state index contributed by atoms with van der Waals surface area (Å²) in [6.07, 6.45) is 4.92. The Morgan fingerprint density at radius 3 is 2.45 bits per heavy atom. The first-order valence-corrected chi connectivity index (χ1v) is 9.82. The van der Waals surface area contributed by atoms with Gasteiger partial charge in [-0.3, -0.25) is 0 Å². The molecule has 0 spiro atoms. The van der Waals surface area contributed by atoms with Gasteiger partial charge in [0.05, 0.1) is 13.2 Å². The molecule has 0 saturated carbocycles. The molecule has 0 aromatic rings. The van der Waals surface area contributed by atoms with Gasteiger partial charge in [-0.1, -0.05) is 6.42 Å². The van der Waals surface area contributed by atoms with Gasteiger partial charge in [-0.2, -0.15) is 17.0 Å². The Balaban J connectivity index is 1.97. The summed E-state index contributed by atoms with van der Waals surface area (Å²) in [7, 11) is -0.188. The van der Waals surface area contributed by atoms with E-state index < -0.39 is 10.2 Å². The number of ether oxygens (including phenoxy) is 1. The molecule has 22 heavy (non-hydrogen) atoms. The topological polar surface area (TPSA) is 53.1 Å². The van der Waals surface area contributed by atoms with Gasteiger partial charge < -0.3 is 9.64 Å². The molecule has 2 saturated heterocycles. The fourth-order valence-electron chi connectivity index (χ4n) is 3.36. The van der Waals surface area contributed by atoms with Gasteiger partial charge in [-0.15, -0.1) is 0 Å². The molecule has 0 N–H and O–H groups in total. The monoisotopic (exact) mass is 333 g/mol. The van der Waals surface area contributed by atoms with Crippen LogP contribution in [0.15, 0.2) is 0 Å². The zero-order valence-electron chi connectivity index (χ0n) is 14.2. The molecule has 2 aliphatic heterocycles. The van der Waals surface area contributed by atoms with Crippen molar-refractivity contribution in [1.29, 1.82) is 0 Å². The van der Waals surface area contributed by atoms with E-state index in [0.29, 0.717) is 19.8 Å². The molecule has 2 aliphatic rings. The molecule has 0 aromatic heterocycles. The zero-order chi connectivity index (χ0) is 16.2. The highest BCUT2D eigenvalue weighted by Crippen LogP contribution is 2.23. The van der Waals surface area contributed by atoms with Gasteiger partial charge in [0.25, 0.3) is 10.2 Å². The first kappa shape index (κ1) is 18.1. The highest BCUT2D eigenvalue weighted by atomic mass is 32.2. The van der Waals surface area contributed by atoms with E-state index in [2.05, 4.69) is 4.90 Å². The van der Waals surface area contributed by atoms with Crippen LogP contribution in [0.1, 0.15) is 32.6 Å². The second kappa shape index (κ2) is 8.06. The maximum Gasteiger partial charge on any atom is 0.281 e. The Bertz CT molecular complexity index is 435. The molecule has 0 radical (unpaired) electrons. The summed E-state index contributed by atoms with van der Waals surface area (Å²) in [4.78, 5) is 2.51. The average molecular weight is 333 g/mol. The Morgan fingerprint density at radius 2 is 1.82 bits per heavy atom. The summed E-state index contributed by atoms with van der Waals surface area (Å²) in [6.45, 7) is 7.03. The molecule has 7 heteroatoms. The molecular formula is C15H31N3O3S. The quantitative estimate of drug-likeness (QED) is 0.753. The van der Waals surface area contributed by atoms with Crippen LogP contribution in [0.2, 0.25) is 0 Å². The van der Waals surface area contributed by atoms with E-state index >= 15 is 0 Å². The van der Waals surface area contributed by atoms with E-state index in [1.165, 1.54) is 36.7 Å². The van der Waals surface area contributed by atoms with Crippen LogP contribution >= 0.6 is 0 Å². The van der Waals surface area contributed by atoms with Crippen molar-refractivity contribution in [3.63, 3.8) is 0 Å². The predicted octanol–water partition coefficient (Wildman–Crippen LogP) is 1.01. The molecule has 0 amide bonds. The number of rotatable bonds is 5. The smallest absolute Gasteiger partial charge is 0.281 e. The van der Waals surface area contributed by atoms with E-state index in [4.69, 9.17) is 4.74 Å². The zero-order valence-corrected chi connectivity index (χ0v) is 15.0.